The van der Waals surface area contributed by atoms with E-state index in [0.29, 0.717) is 24.7 Å². The molecular weight excluding hydrogens is 342 g/mol. The molecule has 1 aromatic carbocycles. The molecule has 6 heteroatoms. The molecule has 142 valence electrons. The van der Waals surface area contributed by atoms with E-state index >= 15 is 0 Å². The van der Waals surface area contributed by atoms with Crippen LogP contribution in [-0.2, 0) is 11.3 Å². The van der Waals surface area contributed by atoms with Gasteiger partial charge in [0.1, 0.15) is 12.4 Å². The molecule has 1 N–H and O–H groups in total. The molecule has 0 radical (unpaired) electrons. The number of carbonyl (C=O) groups is 1. The first-order valence-electron chi connectivity index (χ1n) is 8.53. The van der Waals surface area contributed by atoms with Gasteiger partial charge >= 0.3 is 0 Å². The third-order valence-corrected chi connectivity index (χ3v) is 3.71. The summed E-state index contributed by atoms with van der Waals surface area (Å²) in [5.41, 5.74) is 1.83. The second-order valence-corrected chi connectivity index (χ2v) is 5.98. The molecule has 1 heterocycles. The fourth-order valence-electron chi connectivity index (χ4n) is 2.29. The molecule has 1 amide bonds. The normalized spacial score (nSPS) is 10.5. The first-order valence-corrected chi connectivity index (χ1v) is 8.53. The first kappa shape index (κ1) is 20.0. The van der Waals surface area contributed by atoms with E-state index in [4.69, 9.17) is 9.47 Å². The Morgan fingerprint density at radius 2 is 2.07 bits per heavy atom. The van der Waals surface area contributed by atoms with Crippen LogP contribution in [0.4, 0.5) is 5.82 Å². The van der Waals surface area contributed by atoms with Crippen LogP contribution in [0.1, 0.15) is 11.1 Å². The Morgan fingerprint density at radius 3 is 2.78 bits per heavy atom. The van der Waals surface area contributed by atoms with Gasteiger partial charge in [0, 0.05) is 32.9 Å². The maximum Gasteiger partial charge on any atom is 0.244 e. The van der Waals surface area contributed by atoms with Crippen molar-refractivity contribution >= 4 is 17.8 Å². The zero-order valence-electron chi connectivity index (χ0n) is 15.9. The van der Waals surface area contributed by atoms with E-state index in [2.05, 4.69) is 16.9 Å². The number of hydrogen-bond acceptors (Lipinski definition) is 5. The zero-order chi connectivity index (χ0) is 19.6. The van der Waals surface area contributed by atoms with Crippen molar-refractivity contribution in [2.45, 2.75) is 6.54 Å². The van der Waals surface area contributed by atoms with E-state index in [9.17, 15) is 4.79 Å². The van der Waals surface area contributed by atoms with Crippen molar-refractivity contribution in [2.24, 2.45) is 0 Å². The van der Waals surface area contributed by atoms with Gasteiger partial charge in [-0.2, -0.15) is 0 Å². The number of rotatable bonds is 9. The number of hydrogen-bond donors (Lipinski definition) is 1. The molecule has 0 unspecified atom stereocenters. The Morgan fingerprint density at radius 1 is 1.26 bits per heavy atom. The summed E-state index contributed by atoms with van der Waals surface area (Å²) in [6.07, 6.45) is 6.62. The number of anilines is 1. The van der Waals surface area contributed by atoms with Gasteiger partial charge in [-0.1, -0.05) is 18.7 Å². The molecule has 0 saturated heterocycles. The predicted molar refractivity (Wildman–Crippen MR) is 108 cm³/mol. The number of ether oxygens (including phenoxy) is 2. The van der Waals surface area contributed by atoms with Crippen molar-refractivity contribution in [3.8, 4) is 11.5 Å². The summed E-state index contributed by atoms with van der Waals surface area (Å²) < 4.78 is 10.8. The number of methoxy groups -OCH3 is 1. The Labute approximate surface area is 160 Å². The summed E-state index contributed by atoms with van der Waals surface area (Å²) in [5, 5.41) is 2.86. The molecule has 0 fully saturated rings. The molecular formula is C21H25N3O3. The Bertz CT molecular complexity index is 816. The van der Waals surface area contributed by atoms with Crippen molar-refractivity contribution in [1.29, 1.82) is 0 Å². The van der Waals surface area contributed by atoms with Gasteiger partial charge in [-0.15, -0.1) is 0 Å². The Hall–Kier alpha value is -3.28. The molecule has 27 heavy (non-hydrogen) atoms. The molecule has 1 aromatic heterocycles. The maximum atomic E-state index is 12.1. The highest BCUT2D eigenvalue weighted by Crippen LogP contribution is 2.28. The minimum atomic E-state index is -0.177. The fraction of sp³-hybridized carbons (Fsp3) is 0.238. The molecule has 0 aliphatic heterocycles. The van der Waals surface area contributed by atoms with Crippen LogP contribution >= 0.6 is 0 Å². The number of benzene rings is 1. The molecule has 0 atom stereocenters. The second-order valence-electron chi connectivity index (χ2n) is 5.98. The lowest BCUT2D eigenvalue weighted by atomic mass is 10.2. The molecule has 0 spiro atoms. The summed E-state index contributed by atoms with van der Waals surface area (Å²) in [6, 6.07) is 9.30. The largest absolute Gasteiger partial charge is 0.493 e. The van der Waals surface area contributed by atoms with Crippen LogP contribution in [0.2, 0.25) is 0 Å². The van der Waals surface area contributed by atoms with Crippen LogP contribution in [0.3, 0.4) is 0 Å². The quantitative estimate of drug-likeness (QED) is 0.545. The summed E-state index contributed by atoms with van der Waals surface area (Å²) in [4.78, 5) is 18.3. The van der Waals surface area contributed by atoms with Crippen molar-refractivity contribution in [3.63, 3.8) is 0 Å². The monoisotopic (exact) mass is 367 g/mol. The summed E-state index contributed by atoms with van der Waals surface area (Å²) in [6.45, 7) is 4.46. The van der Waals surface area contributed by atoms with E-state index < -0.39 is 0 Å². The summed E-state index contributed by atoms with van der Waals surface area (Å²) in [7, 11) is 5.43. The third kappa shape index (κ3) is 6.18. The number of carbonyl (C=O) groups excluding carboxylic acids is 1. The van der Waals surface area contributed by atoms with Gasteiger partial charge < -0.3 is 19.7 Å². The molecule has 0 saturated carbocycles. The molecule has 2 aromatic rings. The maximum absolute atomic E-state index is 12.1. The van der Waals surface area contributed by atoms with Crippen LogP contribution in [0.15, 0.2) is 55.3 Å². The lowest BCUT2D eigenvalue weighted by Gasteiger charge is -2.12. The smallest absolute Gasteiger partial charge is 0.244 e. The number of pyridine rings is 1. The summed E-state index contributed by atoms with van der Waals surface area (Å²) >= 11 is 0. The zero-order valence-corrected chi connectivity index (χ0v) is 15.9. The van der Waals surface area contributed by atoms with Crippen molar-refractivity contribution in [1.82, 2.24) is 10.3 Å². The minimum Gasteiger partial charge on any atom is -0.493 e. The van der Waals surface area contributed by atoms with Crippen molar-refractivity contribution < 1.29 is 14.3 Å². The van der Waals surface area contributed by atoms with Gasteiger partial charge in [-0.25, -0.2) is 4.98 Å². The molecule has 0 bridgehead atoms. The van der Waals surface area contributed by atoms with Crippen molar-refractivity contribution in [2.75, 3.05) is 32.7 Å². The van der Waals surface area contributed by atoms with Gasteiger partial charge in [0.15, 0.2) is 11.5 Å². The fourth-order valence-corrected chi connectivity index (χ4v) is 2.29. The topological polar surface area (TPSA) is 63.7 Å². The lowest BCUT2D eigenvalue weighted by molar-refractivity contribution is -0.116. The second kappa shape index (κ2) is 10.0. The van der Waals surface area contributed by atoms with E-state index in [1.165, 1.54) is 6.08 Å². The molecule has 6 nitrogen and oxygen atoms in total. The van der Waals surface area contributed by atoms with Gasteiger partial charge in [-0.05, 0) is 41.5 Å². The van der Waals surface area contributed by atoms with Crippen LogP contribution in [0.25, 0.3) is 6.08 Å². The van der Waals surface area contributed by atoms with E-state index in [-0.39, 0.29) is 5.91 Å². The molecule has 0 aliphatic rings. The van der Waals surface area contributed by atoms with Crippen LogP contribution in [0.5, 0.6) is 11.5 Å². The highest BCUT2D eigenvalue weighted by molar-refractivity contribution is 5.91. The number of nitrogens with one attached hydrogen (secondary N) is 1. The SMILES string of the molecule is C=CCOc1ccc(/C=C/C(=O)NCc2ccnc(N(C)C)c2)cc1OC. The van der Waals surface area contributed by atoms with Gasteiger partial charge in [0.05, 0.1) is 7.11 Å². The minimum absolute atomic E-state index is 0.177. The van der Waals surface area contributed by atoms with Gasteiger partial charge in [0.25, 0.3) is 0 Å². The van der Waals surface area contributed by atoms with E-state index in [1.54, 1.807) is 31.5 Å². The highest BCUT2D eigenvalue weighted by atomic mass is 16.5. The highest BCUT2D eigenvalue weighted by Gasteiger charge is 2.05. The standard InChI is InChI=1S/C21H25N3O3/c1-5-12-27-18-8-6-16(13-19(18)26-4)7-9-21(25)23-15-17-10-11-22-20(14-17)24(2)3/h5-11,13-14H,1,12,15H2,2-4H3,(H,23,25)/b9-7+. The number of amides is 1. The number of aromatic nitrogens is 1. The van der Waals surface area contributed by atoms with Crippen LogP contribution < -0.4 is 19.7 Å². The first-order chi connectivity index (χ1) is 13.0. The van der Waals surface area contributed by atoms with E-state index in [1.807, 2.05) is 43.3 Å². The van der Waals surface area contributed by atoms with Gasteiger partial charge in [-0.3, -0.25) is 4.79 Å². The van der Waals surface area contributed by atoms with Crippen molar-refractivity contribution in [3.05, 3.63) is 66.4 Å². The Balaban J connectivity index is 1.96. The van der Waals surface area contributed by atoms with Crippen LogP contribution in [0, 0.1) is 0 Å². The average molecular weight is 367 g/mol. The van der Waals surface area contributed by atoms with Crippen LogP contribution in [-0.4, -0.2) is 38.7 Å². The summed E-state index contributed by atoms with van der Waals surface area (Å²) in [5.74, 6) is 1.91. The van der Waals surface area contributed by atoms with E-state index in [0.717, 1.165) is 16.9 Å². The number of nitrogens with zero attached hydrogens (tertiary/aromatic N) is 2. The predicted octanol–water partition coefficient (Wildman–Crippen LogP) is 3.05. The Kier molecular flexibility index (Phi) is 7.43. The third-order valence-electron chi connectivity index (χ3n) is 3.71. The molecule has 2 rings (SSSR count). The lowest BCUT2D eigenvalue weighted by Crippen LogP contribution is -2.20. The average Bonchev–Trinajstić information content (AvgIpc) is 2.69. The van der Waals surface area contributed by atoms with Gasteiger partial charge in [0.2, 0.25) is 5.91 Å². The molecule has 0 aliphatic carbocycles.